The molecule has 2 aromatic carbocycles. The van der Waals surface area contributed by atoms with Crippen LogP contribution in [0.3, 0.4) is 0 Å². The number of rotatable bonds is 4. The molecular formula is C20H24FNO3. The first-order valence-electron chi connectivity index (χ1n) is 8.26. The number of carbonyl (C=O) groups is 1. The van der Waals surface area contributed by atoms with Crippen LogP contribution in [0.4, 0.5) is 4.39 Å². The number of halogens is 1. The summed E-state index contributed by atoms with van der Waals surface area (Å²) >= 11 is 0. The van der Waals surface area contributed by atoms with Gasteiger partial charge in [0.15, 0.2) is 0 Å². The third-order valence-corrected chi connectivity index (χ3v) is 4.40. The first-order chi connectivity index (χ1) is 12.2. The minimum atomic E-state index is -0.239. The maximum Gasteiger partial charge on any atom is 0.223 e. The summed E-state index contributed by atoms with van der Waals surface area (Å²) in [6, 6.07) is 14.3. The molecule has 1 aliphatic rings. The van der Waals surface area contributed by atoms with Crippen LogP contribution in [-0.4, -0.2) is 36.7 Å². The highest BCUT2D eigenvalue weighted by Gasteiger charge is 2.26. The topological polar surface area (TPSA) is 49.8 Å². The summed E-state index contributed by atoms with van der Waals surface area (Å²) in [6.45, 7) is 1.35. The molecule has 0 spiro atoms. The van der Waals surface area contributed by atoms with Gasteiger partial charge in [-0.05, 0) is 47.7 Å². The van der Waals surface area contributed by atoms with Crippen LogP contribution in [0.15, 0.2) is 48.5 Å². The predicted octanol–water partition coefficient (Wildman–Crippen LogP) is 3.35. The molecule has 0 aliphatic carbocycles. The Morgan fingerprint density at radius 3 is 2.32 bits per heavy atom. The predicted molar refractivity (Wildman–Crippen MR) is 94.9 cm³/mol. The normalized spacial score (nSPS) is 16.9. The van der Waals surface area contributed by atoms with E-state index in [2.05, 4.69) is 0 Å². The highest BCUT2D eigenvalue weighted by Crippen LogP contribution is 2.29. The van der Waals surface area contributed by atoms with Crippen molar-refractivity contribution in [3.63, 3.8) is 0 Å². The summed E-state index contributed by atoms with van der Waals surface area (Å²) in [4.78, 5) is 14.3. The summed E-state index contributed by atoms with van der Waals surface area (Å²) in [5.41, 5.74) is 2.14. The van der Waals surface area contributed by atoms with Crippen LogP contribution in [0.1, 0.15) is 29.9 Å². The number of ether oxygens (including phenoxy) is 1. The lowest BCUT2D eigenvalue weighted by molar-refractivity contribution is -0.134. The Hall–Kier alpha value is -2.40. The number of aliphatic hydroxyl groups is 1. The van der Waals surface area contributed by atoms with Gasteiger partial charge in [0.1, 0.15) is 11.6 Å². The maximum atomic E-state index is 13.0. The second-order valence-electron chi connectivity index (χ2n) is 5.90. The summed E-state index contributed by atoms with van der Waals surface area (Å²) in [7, 11) is 2.64. The van der Waals surface area contributed by atoms with Crippen molar-refractivity contribution in [3.8, 4) is 5.75 Å². The van der Waals surface area contributed by atoms with E-state index in [1.165, 1.54) is 12.1 Å². The standard InChI is InChI=1S/C19H20FNO2.CH4O/c1-23-18-8-2-14(3-9-18)13-21-11-10-16(12-19(21)22)15-4-6-17(20)7-5-15;1-2/h2-9,16H,10-13H2,1H3;2H,1H3. The largest absolute Gasteiger partial charge is 0.497 e. The van der Waals surface area contributed by atoms with Gasteiger partial charge < -0.3 is 14.7 Å². The Bertz CT molecular complexity index is 670. The second-order valence-corrected chi connectivity index (χ2v) is 5.90. The van der Waals surface area contributed by atoms with Crippen LogP contribution in [0.25, 0.3) is 0 Å². The molecule has 0 bridgehead atoms. The number of benzene rings is 2. The van der Waals surface area contributed by atoms with Gasteiger partial charge in [-0.25, -0.2) is 4.39 Å². The van der Waals surface area contributed by atoms with Gasteiger partial charge in [-0.2, -0.15) is 0 Å². The van der Waals surface area contributed by atoms with E-state index in [0.717, 1.165) is 37.0 Å². The molecule has 1 saturated heterocycles. The third kappa shape index (κ3) is 5.03. The molecule has 5 heteroatoms. The lowest BCUT2D eigenvalue weighted by Gasteiger charge is -2.32. The molecular weight excluding hydrogens is 321 g/mol. The fourth-order valence-corrected chi connectivity index (χ4v) is 3.02. The fourth-order valence-electron chi connectivity index (χ4n) is 3.02. The van der Waals surface area contributed by atoms with Crippen molar-refractivity contribution < 1.29 is 19.0 Å². The number of carbonyl (C=O) groups excluding carboxylic acids is 1. The van der Waals surface area contributed by atoms with E-state index >= 15 is 0 Å². The summed E-state index contributed by atoms with van der Waals surface area (Å²) in [5, 5.41) is 7.00. The monoisotopic (exact) mass is 345 g/mol. The number of nitrogens with zero attached hydrogens (tertiary/aromatic N) is 1. The lowest BCUT2D eigenvalue weighted by atomic mass is 9.89. The zero-order valence-electron chi connectivity index (χ0n) is 14.6. The molecule has 1 heterocycles. The summed E-state index contributed by atoms with van der Waals surface area (Å²) < 4.78 is 18.1. The SMILES string of the molecule is CO.COc1ccc(CN2CCC(c3ccc(F)cc3)CC2=O)cc1. The van der Waals surface area contributed by atoms with Crippen molar-refractivity contribution in [2.24, 2.45) is 0 Å². The number of aliphatic hydroxyl groups excluding tert-OH is 1. The number of hydrogen-bond donors (Lipinski definition) is 1. The molecule has 2 aromatic rings. The molecule has 3 rings (SSSR count). The molecule has 0 radical (unpaired) electrons. The van der Waals surface area contributed by atoms with Crippen LogP contribution < -0.4 is 4.74 Å². The Kier molecular flexibility index (Phi) is 6.95. The average molecular weight is 345 g/mol. The molecule has 1 atom stereocenters. The highest BCUT2D eigenvalue weighted by molar-refractivity contribution is 5.78. The number of piperidine rings is 1. The molecule has 1 amide bonds. The number of methoxy groups -OCH3 is 1. The zero-order valence-corrected chi connectivity index (χ0v) is 14.6. The van der Waals surface area contributed by atoms with E-state index in [9.17, 15) is 9.18 Å². The van der Waals surface area contributed by atoms with E-state index in [1.807, 2.05) is 29.2 Å². The van der Waals surface area contributed by atoms with Crippen LogP contribution >= 0.6 is 0 Å². The molecule has 1 fully saturated rings. The van der Waals surface area contributed by atoms with Crippen molar-refractivity contribution in [2.45, 2.75) is 25.3 Å². The molecule has 25 heavy (non-hydrogen) atoms. The van der Waals surface area contributed by atoms with Crippen molar-refractivity contribution in [3.05, 3.63) is 65.5 Å². The molecule has 134 valence electrons. The Morgan fingerprint density at radius 2 is 1.76 bits per heavy atom. The number of likely N-dealkylation sites (tertiary alicyclic amines) is 1. The molecule has 0 aromatic heterocycles. The molecule has 1 N–H and O–H groups in total. The van der Waals surface area contributed by atoms with Gasteiger partial charge in [0.25, 0.3) is 0 Å². The summed E-state index contributed by atoms with van der Waals surface area (Å²) in [5.74, 6) is 0.920. The third-order valence-electron chi connectivity index (χ3n) is 4.40. The van der Waals surface area contributed by atoms with Crippen molar-refractivity contribution in [2.75, 3.05) is 20.8 Å². The number of amides is 1. The van der Waals surface area contributed by atoms with Gasteiger partial charge >= 0.3 is 0 Å². The molecule has 0 saturated carbocycles. The van der Waals surface area contributed by atoms with Gasteiger partial charge in [0.05, 0.1) is 7.11 Å². The van der Waals surface area contributed by atoms with Gasteiger partial charge in [-0.15, -0.1) is 0 Å². The average Bonchev–Trinajstić information content (AvgIpc) is 2.66. The van der Waals surface area contributed by atoms with Crippen molar-refractivity contribution >= 4 is 5.91 Å². The van der Waals surface area contributed by atoms with Crippen molar-refractivity contribution in [1.82, 2.24) is 4.90 Å². The Morgan fingerprint density at radius 1 is 1.12 bits per heavy atom. The van der Waals surface area contributed by atoms with E-state index in [1.54, 1.807) is 19.2 Å². The quantitative estimate of drug-likeness (QED) is 0.924. The van der Waals surface area contributed by atoms with E-state index in [4.69, 9.17) is 9.84 Å². The lowest BCUT2D eigenvalue weighted by Crippen LogP contribution is -2.37. The second kappa shape index (κ2) is 9.18. The van der Waals surface area contributed by atoms with Crippen LogP contribution in [0.5, 0.6) is 5.75 Å². The minimum Gasteiger partial charge on any atom is -0.497 e. The Labute approximate surface area is 147 Å². The first kappa shape index (κ1) is 18.9. The fraction of sp³-hybridized carbons (Fsp3) is 0.350. The first-order valence-corrected chi connectivity index (χ1v) is 8.26. The van der Waals surface area contributed by atoms with Gasteiger partial charge in [-0.3, -0.25) is 4.79 Å². The van der Waals surface area contributed by atoms with Gasteiger partial charge in [-0.1, -0.05) is 24.3 Å². The smallest absolute Gasteiger partial charge is 0.223 e. The summed E-state index contributed by atoms with van der Waals surface area (Å²) in [6.07, 6.45) is 1.40. The van der Waals surface area contributed by atoms with Gasteiger partial charge in [0.2, 0.25) is 5.91 Å². The minimum absolute atomic E-state index is 0.154. The van der Waals surface area contributed by atoms with E-state index in [-0.39, 0.29) is 17.6 Å². The molecule has 4 nitrogen and oxygen atoms in total. The molecule has 1 unspecified atom stereocenters. The zero-order chi connectivity index (χ0) is 18.2. The van der Waals surface area contributed by atoms with E-state index < -0.39 is 0 Å². The molecule has 1 aliphatic heterocycles. The van der Waals surface area contributed by atoms with Crippen molar-refractivity contribution in [1.29, 1.82) is 0 Å². The number of hydrogen-bond acceptors (Lipinski definition) is 3. The van der Waals surface area contributed by atoms with E-state index in [0.29, 0.717) is 13.0 Å². The maximum absolute atomic E-state index is 13.0. The van der Waals surface area contributed by atoms with Gasteiger partial charge in [0, 0.05) is 26.6 Å². The Balaban J connectivity index is 0.00000109. The van der Waals surface area contributed by atoms with Crippen LogP contribution in [0.2, 0.25) is 0 Å². The van der Waals surface area contributed by atoms with Crippen LogP contribution in [0, 0.1) is 5.82 Å². The van der Waals surface area contributed by atoms with Crippen LogP contribution in [-0.2, 0) is 11.3 Å². The highest BCUT2D eigenvalue weighted by atomic mass is 19.1.